The van der Waals surface area contributed by atoms with E-state index in [1.807, 2.05) is 37.3 Å². The number of rotatable bonds is 3. The minimum Gasteiger partial charge on any atom is -0.493 e. The molecule has 1 N–H and O–H groups in total. The Morgan fingerprint density at radius 3 is 2.78 bits per heavy atom. The summed E-state index contributed by atoms with van der Waals surface area (Å²) in [6, 6.07) is 12.1. The topological polar surface area (TPSA) is 29.5 Å². The van der Waals surface area contributed by atoms with Crippen molar-refractivity contribution in [1.29, 1.82) is 0 Å². The van der Waals surface area contributed by atoms with E-state index in [1.165, 1.54) is 0 Å². The number of benzene rings is 2. The lowest BCUT2D eigenvalue weighted by atomic mass is 10.0. The molecule has 0 unspecified atom stereocenters. The highest BCUT2D eigenvalue weighted by molar-refractivity contribution is 5.90. The van der Waals surface area contributed by atoms with Crippen molar-refractivity contribution in [3.8, 4) is 17.6 Å². The van der Waals surface area contributed by atoms with E-state index in [2.05, 4.69) is 17.9 Å². The summed E-state index contributed by atoms with van der Waals surface area (Å²) in [4.78, 5) is 0. The maximum Gasteiger partial charge on any atom is 0.135 e. The van der Waals surface area contributed by atoms with E-state index in [1.54, 1.807) is 0 Å². The van der Waals surface area contributed by atoms with Crippen molar-refractivity contribution in [3.63, 3.8) is 0 Å². The molecule has 2 rings (SSSR count). The normalized spacial score (nSPS) is 9.89. The van der Waals surface area contributed by atoms with Crippen molar-refractivity contribution in [2.45, 2.75) is 13.3 Å². The van der Waals surface area contributed by atoms with Gasteiger partial charge in [0, 0.05) is 11.8 Å². The second-order valence-corrected chi connectivity index (χ2v) is 3.87. The number of fused-ring (bicyclic) bond motifs is 1. The van der Waals surface area contributed by atoms with Crippen LogP contribution in [0.2, 0.25) is 0 Å². The van der Waals surface area contributed by atoms with Gasteiger partial charge in [-0.05, 0) is 18.4 Å². The Bertz CT molecular complexity index is 591. The van der Waals surface area contributed by atoms with E-state index in [4.69, 9.17) is 9.84 Å². The van der Waals surface area contributed by atoms with Crippen LogP contribution in [0.3, 0.4) is 0 Å². The lowest BCUT2D eigenvalue weighted by molar-refractivity contribution is 0.305. The largest absolute Gasteiger partial charge is 0.493 e. The molecule has 0 aromatic heterocycles. The minimum absolute atomic E-state index is 0.0851. The van der Waals surface area contributed by atoms with E-state index in [9.17, 15) is 0 Å². The van der Waals surface area contributed by atoms with Crippen LogP contribution in [0.4, 0.5) is 0 Å². The van der Waals surface area contributed by atoms with Gasteiger partial charge in [-0.3, -0.25) is 0 Å². The first-order valence-corrected chi connectivity index (χ1v) is 6.11. The number of ether oxygens (including phenoxy) is 1. The molecule has 0 aliphatic heterocycles. The van der Waals surface area contributed by atoms with Crippen LogP contribution in [0.25, 0.3) is 10.8 Å². The lowest BCUT2D eigenvalue weighted by Crippen LogP contribution is -1.95. The van der Waals surface area contributed by atoms with E-state index in [0.717, 1.165) is 22.1 Å². The van der Waals surface area contributed by atoms with Gasteiger partial charge in [0.05, 0.1) is 18.8 Å². The fourth-order valence-corrected chi connectivity index (χ4v) is 1.86. The Hall–Kier alpha value is -1.98. The molecule has 0 aliphatic rings. The number of hydrogen-bond acceptors (Lipinski definition) is 2. The molecular weight excluding hydrogens is 224 g/mol. The molecule has 0 aliphatic carbocycles. The molecule has 2 nitrogen and oxygen atoms in total. The van der Waals surface area contributed by atoms with Crippen molar-refractivity contribution in [2.75, 3.05) is 13.2 Å². The summed E-state index contributed by atoms with van der Waals surface area (Å²) in [6.07, 6.45) is 0.481. The molecule has 18 heavy (non-hydrogen) atoms. The van der Waals surface area contributed by atoms with Crippen LogP contribution in [0.15, 0.2) is 36.4 Å². The molecule has 0 heterocycles. The highest BCUT2D eigenvalue weighted by Crippen LogP contribution is 2.27. The van der Waals surface area contributed by atoms with Gasteiger partial charge < -0.3 is 9.84 Å². The number of hydrogen-bond donors (Lipinski definition) is 1. The van der Waals surface area contributed by atoms with Crippen LogP contribution in [0.1, 0.15) is 18.9 Å². The third-order valence-electron chi connectivity index (χ3n) is 2.64. The van der Waals surface area contributed by atoms with Gasteiger partial charge in [-0.2, -0.15) is 0 Å². The minimum atomic E-state index is 0.0851. The van der Waals surface area contributed by atoms with Crippen LogP contribution < -0.4 is 4.74 Å². The summed E-state index contributed by atoms with van der Waals surface area (Å²) in [5.74, 6) is 6.88. The Labute approximate surface area is 107 Å². The molecule has 0 bridgehead atoms. The van der Waals surface area contributed by atoms with Crippen LogP contribution in [-0.4, -0.2) is 18.3 Å². The maximum absolute atomic E-state index is 8.80. The molecule has 0 spiro atoms. The van der Waals surface area contributed by atoms with Gasteiger partial charge in [0.25, 0.3) is 0 Å². The predicted molar refractivity (Wildman–Crippen MR) is 73.7 cm³/mol. The Balaban J connectivity index is 2.56. The summed E-state index contributed by atoms with van der Waals surface area (Å²) in [5.41, 5.74) is 0.906. The molecular formula is C16H16O2. The van der Waals surface area contributed by atoms with Crippen molar-refractivity contribution >= 4 is 10.8 Å². The van der Waals surface area contributed by atoms with Crippen molar-refractivity contribution < 1.29 is 9.84 Å². The molecule has 2 aromatic carbocycles. The average molecular weight is 240 g/mol. The monoisotopic (exact) mass is 240 g/mol. The second-order valence-electron chi connectivity index (χ2n) is 3.87. The molecule has 0 saturated carbocycles. The SMILES string of the molecule is CCOc1ccc2ccccc2c1C#CCCO. The third kappa shape index (κ3) is 2.64. The van der Waals surface area contributed by atoms with Crippen LogP contribution in [0.5, 0.6) is 5.75 Å². The van der Waals surface area contributed by atoms with E-state index >= 15 is 0 Å². The highest BCUT2D eigenvalue weighted by atomic mass is 16.5. The van der Waals surface area contributed by atoms with E-state index in [-0.39, 0.29) is 6.61 Å². The van der Waals surface area contributed by atoms with Crippen LogP contribution in [0, 0.1) is 11.8 Å². The van der Waals surface area contributed by atoms with Gasteiger partial charge in [0.1, 0.15) is 5.75 Å². The molecule has 2 heteroatoms. The maximum atomic E-state index is 8.80. The quantitative estimate of drug-likeness (QED) is 0.836. The molecule has 2 aromatic rings. The standard InChI is InChI=1S/C16H16O2/c1-2-18-16-11-10-13-7-3-4-8-14(13)15(16)9-5-6-12-17/h3-4,7-8,10-11,17H,2,6,12H2,1H3. The van der Waals surface area contributed by atoms with Crippen molar-refractivity contribution in [1.82, 2.24) is 0 Å². The number of aliphatic hydroxyl groups excluding tert-OH is 1. The van der Waals surface area contributed by atoms with Crippen molar-refractivity contribution in [3.05, 3.63) is 42.0 Å². The predicted octanol–water partition coefficient (Wildman–Crippen LogP) is 2.97. The second kappa shape index (κ2) is 6.09. The van der Waals surface area contributed by atoms with Gasteiger partial charge in [-0.15, -0.1) is 0 Å². The van der Waals surface area contributed by atoms with Gasteiger partial charge in [0.15, 0.2) is 0 Å². The number of aliphatic hydroxyl groups is 1. The van der Waals surface area contributed by atoms with E-state index < -0.39 is 0 Å². The van der Waals surface area contributed by atoms with Gasteiger partial charge in [-0.25, -0.2) is 0 Å². The zero-order valence-electron chi connectivity index (χ0n) is 10.4. The van der Waals surface area contributed by atoms with Gasteiger partial charge >= 0.3 is 0 Å². The first-order chi connectivity index (χ1) is 8.86. The van der Waals surface area contributed by atoms with Crippen molar-refractivity contribution in [2.24, 2.45) is 0 Å². The highest BCUT2D eigenvalue weighted by Gasteiger charge is 2.05. The Kier molecular flexibility index (Phi) is 4.22. The third-order valence-corrected chi connectivity index (χ3v) is 2.64. The molecule has 92 valence electrons. The van der Waals surface area contributed by atoms with Crippen LogP contribution >= 0.6 is 0 Å². The molecule has 0 fully saturated rings. The van der Waals surface area contributed by atoms with Gasteiger partial charge in [0.2, 0.25) is 0 Å². The Morgan fingerprint density at radius 1 is 1.17 bits per heavy atom. The summed E-state index contributed by atoms with van der Waals surface area (Å²) in [7, 11) is 0. The Morgan fingerprint density at radius 2 is 2.00 bits per heavy atom. The smallest absolute Gasteiger partial charge is 0.135 e. The fraction of sp³-hybridized carbons (Fsp3) is 0.250. The average Bonchev–Trinajstić information content (AvgIpc) is 2.41. The zero-order valence-corrected chi connectivity index (χ0v) is 10.4. The summed E-state index contributed by atoms with van der Waals surface area (Å²) < 4.78 is 5.61. The summed E-state index contributed by atoms with van der Waals surface area (Å²) >= 11 is 0. The lowest BCUT2D eigenvalue weighted by Gasteiger charge is -2.08. The molecule has 0 amide bonds. The summed E-state index contributed by atoms with van der Waals surface area (Å²) in [6.45, 7) is 2.66. The van der Waals surface area contributed by atoms with E-state index in [0.29, 0.717) is 13.0 Å². The zero-order chi connectivity index (χ0) is 12.8. The first-order valence-electron chi connectivity index (χ1n) is 6.11. The molecule has 0 atom stereocenters. The molecule has 0 radical (unpaired) electrons. The van der Waals surface area contributed by atoms with Crippen LogP contribution in [-0.2, 0) is 0 Å². The first kappa shape index (κ1) is 12.5. The van der Waals surface area contributed by atoms with Gasteiger partial charge in [-0.1, -0.05) is 42.2 Å². The fourth-order valence-electron chi connectivity index (χ4n) is 1.86. The molecule has 0 saturated heterocycles. The summed E-state index contributed by atoms with van der Waals surface area (Å²) in [5, 5.41) is 11.0.